The summed E-state index contributed by atoms with van der Waals surface area (Å²) in [6.07, 6.45) is 3.88. The average molecular weight is 395 g/mol. The molecular formula is C21H21N3O3S. The summed E-state index contributed by atoms with van der Waals surface area (Å²) in [5.41, 5.74) is 1.49. The van der Waals surface area contributed by atoms with Gasteiger partial charge in [0.05, 0.1) is 15.6 Å². The summed E-state index contributed by atoms with van der Waals surface area (Å²) < 4.78 is 1.14. The van der Waals surface area contributed by atoms with Gasteiger partial charge in [-0.3, -0.25) is 4.79 Å². The van der Waals surface area contributed by atoms with Gasteiger partial charge in [-0.25, -0.2) is 9.78 Å². The lowest BCUT2D eigenvalue weighted by Crippen LogP contribution is -2.40. The number of amides is 2. The van der Waals surface area contributed by atoms with Crippen LogP contribution in [0.2, 0.25) is 0 Å². The number of thiazole rings is 1. The molecule has 3 rings (SSSR count). The van der Waals surface area contributed by atoms with Crippen molar-refractivity contribution in [2.45, 2.75) is 13.8 Å². The van der Waals surface area contributed by atoms with Crippen LogP contribution in [0, 0.1) is 5.41 Å². The Morgan fingerprint density at radius 2 is 1.93 bits per heavy atom. The molecule has 0 saturated carbocycles. The first-order valence-corrected chi connectivity index (χ1v) is 9.57. The predicted molar refractivity (Wildman–Crippen MR) is 113 cm³/mol. The summed E-state index contributed by atoms with van der Waals surface area (Å²) in [6, 6.07) is 14.9. The molecule has 7 heteroatoms. The molecule has 1 heterocycles. The number of fused-ring (bicyclic) bond motifs is 1. The number of nitrogens with one attached hydrogen (secondary N) is 2. The number of nitrogens with zero attached hydrogens (tertiary/aromatic N) is 1. The molecule has 0 fully saturated rings. The van der Waals surface area contributed by atoms with E-state index < -0.39 is 17.4 Å². The molecule has 2 aromatic carbocycles. The molecule has 28 heavy (non-hydrogen) atoms. The maximum atomic E-state index is 12.0. The standard InChI is InChI=1S/C21H21N3O3S/c1-21(2,19(25)26)13-22-20(27)23-15-7-5-6-14(12-15)10-11-18-24-16-8-3-4-9-17(16)28-18/h3-12H,13H2,1-2H3,(H,25,26)(H2,22,23,27)/b11-10+. The van der Waals surface area contributed by atoms with Crippen LogP contribution in [0.1, 0.15) is 24.4 Å². The summed E-state index contributed by atoms with van der Waals surface area (Å²) in [4.78, 5) is 27.7. The number of carbonyl (C=O) groups is 2. The first-order valence-electron chi connectivity index (χ1n) is 8.75. The Balaban J connectivity index is 1.63. The quantitative estimate of drug-likeness (QED) is 0.564. The molecule has 0 bridgehead atoms. The zero-order valence-electron chi connectivity index (χ0n) is 15.6. The number of hydrogen-bond acceptors (Lipinski definition) is 4. The topological polar surface area (TPSA) is 91.3 Å². The van der Waals surface area contributed by atoms with Crippen molar-refractivity contribution in [3.05, 3.63) is 59.1 Å². The lowest BCUT2D eigenvalue weighted by Gasteiger charge is -2.19. The van der Waals surface area contributed by atoms with Crippen LogP contribution in [0.15, 0.2) is 48.5 Å². The number of aromatic nitrogens is 1. The van der Waals surface area contributed by atoms with Gasteiger partial charge in [0.25, 0.3) is 0 Å². The van der Waals surface area contributed by atoms with E-state index in [1.165, 1.54) is 0 Å². The lowest BCUT2D eigenvalue weighted by molar-refractivity contribution is -0.146. The van der Waals surface area contributed by atoms with E-state index >= 15 is 0 Å². The molecule has 6 nitrogen and oxygen atoms in total. The summed E-state index contributed by atoms with van der Waals surface area (Å²) in [6.45, 7) is 3.15. The zero-order chi connectivity index (χ0) is 20.1. The number of aliphatic carboxylic acids is 1. The Bertz CT molecular complexity index is 1010. The third kappa shape index (κ3) is 4.95. The van der Waals surface area contributed by atoms with E-state index in [1.54, 1.807) is 31.3 Å². The van der Waals surface area contributed by atoms with Crippen LogP contribution in [-0.2, 0) is 4.79 Å². The SMILES string of the molecule is CC(C)(CNC(=O)Nc1cccc(/C=C/c2nc3ccccc3s2)c1)C(=O)O. The summed E-state index contributed by atoms with van der Waals surface area (Å²) in [5.74, 6) is -0.963. The molecule has 1 aromatic heterocycles. The van der Waals surface area contributed by atoms with Crippen molar-refractivity contribution in [3.63, 3.8) is 0 Å². The van der Waals surface area contributed by atoms with Crippen molar-refractivity contribution in [2.75, 3.05) is 11.9 Å². The van der Waals surface area contributed by atoms with Gasteiger partial charge in [-0.2, -0.15) is 0 Å². The van der Waals surface area contributed by atoms with Crippen molar-refractivity contribution < 1.29 is 14.7 Å². The Morgan fingerprint density at radius 3 is 2.68 bits per heavy atom. The predicted octanol–water partition coefficient (Wildman–Crippen LogP) is 4.70. The van der Waals surface area contributed by atoms with Gasteiger partial charge in [-0.15, -0.1) is 11.3 Å². The fourth-order valence-electron chi connectivity index (χ4n) is 2.40. The monoisotopic (exact) mass is 395 g/mol. The number of carboxylic acids is 1. The van der Waals surface area contributed by atoms with Crippen LogP contribution in [0.5, 0.6) is 0 Å². The highest BCUT2D eigenvalue weighted by Crippen LogP contribution is 2.23. The number of carbonyl (C=O) groups excluding carboxylic acids is 1. The molecule has 0 radical (unpaired) electrons. The number of carboxylic acid groups (broad SMARTS) is 1. The number of hydrogen-bond donors (Lipinski definition) is 3. The second-order valence-corrected chi connectivity index (χ2v) is 8.04. The van der Waals surface area contributed by atoms with E-state index in [2.05, 4.69) is 15.6 Å². The van der Waals surface area contributed by atoms with E-state index in [4.69, 9.17) is 5.11 Å². The second kappa shape index (κ2) is 8.22. The zero-order valence-corrected chi connectivity index (χ0v) is 16.4. The molecule has 0 aliphatic heterocycles. The van der Waals surface area contributed by atoms with Gasteiger partial charge in [-0.1, -0.05) is 30.3 Å². The Labute approximate surface area is 166 Å². The molecule has 0 unspecified atom stereocenters. The molecule has 144 valence electrons. The molecule has 0 aliphatic carbocycles. The van der Waals surface area contributed by atoms with Gasteiger partial charge in [0, 0.05) is 12.2 Å². The first kappa shape index (κ1) is 19.6. The van der Waals surface area contributed by atoms with Crippen molar-refractivity contribution in [1.82, 2.24) is 10.3 Å². The molecule has 3 N–H and O–H groups in total. The van der Waals surface area contributed by atoms with Crippen LogP contribution in [0.4, 0.5) is 10.5 Å². The highest BCUT2D eigenvalue weighted by Gasteiger charge is 2.27. The molecular weight excluding hydrogens is 374 g/mol. The lowest BCUT2D eigenvalue weighted by atomic mass is 9.94. The molecule has 2 amide bonds. The Kier molecular flexibility index (Phi) is 5.75. The van der Waals surface area contributed by atoms with Crippen molar-refractivity contribution in [1.29, 1.82) is 0 Å². The highest BCUT2D eigenvalue weighted by atomic mass is 32.1. The van der Waals surface area contributed by atoms with Crippen molar-refractivity contribution in [2.24, 2.45) is 5.41 Å². The van der Waals surface area contributed by atoms with Crippen molar-refractivity contribution in [3.8, 4) is 0 Å². The molecule has 0 atom stereocenters. The number of benzene rings is 2. The summed E-state index contributed by atoms with van der Waals surface area (Å²) in [5, 5.41) is 15.3. The van der Waals surface area contributed by atoms with Crippen LogP contribution in [0.3, 0.4) is 0 Å². The minimum absolute atomic E-state index is 0.0331. The Morgan fingerprint density at radius 1 is 1.14 bits per heavy atom. The van der Waals surface area contributed by atoms with Gasteiger partial charge in [0.2, 0.25) is 0 Å². The second-order valence-electron chi connectivity index (χ2n) is 6.98. The van der Waals surface area contributed by atoms with E-state index in [-0.39, 0.29) is 6.54 Å². The third-order valence-corrected chi connectivity index (χ3v) is 5.14. The largest absolute Gasteiger partial charge is 0.481 e. The molecule has 0 aliphatic rings. The number of rotatable bonds is 6. The van der Waals surface area contributed by atoms with E-state index in [0.717, 1.165) is 20.8 Å². The average Bonchev–Trinajstić information content (AvgIpc) is 3.08. The van der Waals surface area contributed by atoms with E-state index in [9.17, 15) is 9.59 Å². The van der Waals surface area contributed by atoms with Crippen LogP contribution >= 0.6 is 11.3 Å². The van der Waals surface area contributed by atoms with Crippen LogP contribution < -0.4 is 10.6 Å². The van der Waals surface area contributed by atoms with E-state index in [0.29, 0.717) is 5.69 Å². The molecule has 0 spiro atoms. The Hall–Kier alpha value is -3.19. The number of para-hydroxylation sites is 1. The van der Waals surface area contributed by atoms with Crippen LogP contribution in [0.25, 0.3) is 22.4 Å². The van der Waals surface area contributed by atoms with Gasteiger partial charge in [0.1, 0.15) is 5.01 Å². The van der Waals surface area contributed by atoms with Crippen molar-refractivity contribution >= 4 is 51.4 Å². The maximum Gasteiger partial charge on any atom is 0.319 e. The highest BCUT2D eigenvalue weighted by molar-refractivity contribution is 7.19. The first-order chi connectivity index (χ1) is 13.3. The van der Waals surface area contributed by atoms with Gasteiger partial charge in [0.15, 0.2) is 0 Å². The molecule has 0 saturated heterocycles. The number of urea groups is 1. The van der Waals surface area contributed by atoms with Gasteiger partial charge >= 0.3 is 12.0 Å². The van der Waals surface area contributed by atoms with Gasteiger partial charge < -0.3 is 15.7 Å². The fourth-order valence-corrected chi connectivity index (χ4v) is 3.27. The summed E-state index contributed by atoms with van der Waals surface area (Å²) >= 11 is 1.62. The van der Waals surface area contributed by atoms with Crippen LogP contribution in [-0.4, -0.2) is 28.6 Å². The normalized spacial score (nSPS) is 11.6. The molecule has 3 aromatic rings. The fraction of sp³-hybridized carbons (Fsp3) is 0.190. The maximum absolute atomic E-state index is 12.0. The van der Waals surface area contributed by atoms with E-state index in [1.807, 2.05) is 54.6 Å². The third-order valence-electron chi connectivity index (χ3n) is 4.14. The summed E-state index contributed by atoms with van der Waals surface area (Å²) in [7, 11) is 0. The minimum Gasteiger partial charge on any atom is -0.481 e. The smallest absolute Gasteiger partial charge is 0.319 e. The van der Waals surface area contributed by atoms with Gasteiger partial charge in [-0.05, 0) is 49.8 Å². The number of anilines is 1. The minimum atomic E-state index is -1.03.